The molecular formula is C18H14F3NO5S. The van der Waals surface area contributed by atoms with Crippen LogP contribution < -0.4 is 5.72 Å². The lowest BCUT2D eigenvalue weighted by atomic mass is 10.0. The van der Waals surface area contributed by atoms with Crippen LogP contribution in [0.4, 0.5) is 13.2 Å². The molecular weight excluding hydrogens is 399 g/mol. The maximum absolute atomic E-state index is 13.3. The van der Waals surface area contributed by atoms with Crippen molar-refractivity contribution in [2.24, 2.45) is 5.72 Å². The molecule has 28 heavy (non-hydrogen) atoms. The summed E-state index contributed by atoms with van der Waals surface area (Å²) >= 11 is 0. The highest BCUT2D eigenvalue weighted by Gasteiger charge is 2.40. The zero-order valence-electron chi connectivity index (χ0n) is 27.0. The summed E-state index contributed by atoms with van der Waals surface area (Å²) in [6.07, 6.45) is -9.15. The van der Waals surface area contributed by atoms with Crippen molar-refractivity contribution in [2.45, 2.75) is 18.0 Å². The minimum atomic E-state index is -6.07. The van der Waals surface area contributed by atoms with Crippen LogP contribution >= 0.6 is 0 Å². The normalized spacial score (nSPS) is 27.6. The number of ether oxygens (including phenoxy) is 1. The number of benzene rings is 2. The molecule has 1 aliphatic rings. The Morgan fingerprint density at radius 2 is 1.86 bits per heavy atom. The van der Waals surface area contributed by atoms with Gasteiger partial charge in [-0.25, -0.2) is 0 Å². The molecule has 0 aromatic heterocycles. The van der Waals surface area contributed by atoms with E-state index in [9.17, 15) is 26.4 Å². The highest BCUT2D eigenvalue weighted by atomic mass is 32.2. The maximum atomic E-state index is 13.3. The van der Waals surface area contributed by atoms with Gasteiger partial charge < -0.3 is 14.6 Å². The summed E-state index contributed by atoms with van der Waals surface area (Å²) < 4.78 is 184. The van der Waals surface area contributed by atoms with Crippen LogP contribution in [-0.2, 0) is 35.7 Å². The summed E-state index contributed by atoms with van der Waals surface area (Å²) in [4.78, 5) is 13.2. The second-order valence-electron chi connectivity index (χ2n) is 4.78. The van der Waals surface area contributed by atoms with Gasteiger partial charge in [0.25, 0.3) is 0 Å². The molecule has 0 amide bonds. The molecule has 0 saturated heterocycles. The number of carbonyl (C=O) groups is 1. The van der Waals surface area contributed by atoms with Crippen molar-refractivity contribution in [1.29, 1.82) is 0 Å². The molecule has 1 atom stereocenters. The molecule has 10 heteroatoms. The zero-order valence-corrected chi connectivity index (χ0v) is 13.8. The molecule has 6 nitrogen and oxygen atoms in total. The van der Waals surface area contributed by atoms with Gasteiger partial charge in [-0.1, -0.05) is 42.3 Å². The molecule has 3 rings (SSSR count). The van der Waals surface area contributed by atoms with Gasteiger partial charge in [0.05, 0.1) is 22.0 Å². The van der Waals surface area contributed by atoms with Crippen molar-refractivity contribution in [1.82, 2.24) is 0 Å². The van der Waals surface area contributed by atoms with Crippen LogP contribution in [0.1, 0.15) is 39.2 Å². The molecule has 2 N–H and O–H groups in total. The third kappa shape index (κ3) is 4.28. The molecule has 0 radical (unpaired) electrons. The van der Waals surface area contributed by atoms with Gasteiger partial charge in [0.15, 0.2) is 8.90 Å². The highest BCUT2D eigenvalue weighted by Crippen LogP contribution is 2.35. The van der Waals surface area contributed by atoms with Gasteiger partial charge in [-0.2, -0.15) is 21.6 Å². The minimum Gasteiger partial charge on any atom is -0.460 e. The first kappa shape index (κ1) is 8.56. The lowest BCUT2D eigenvalue weighted by Gasteiger charge is -2.12. The van der Waals surface area contributed by atoms with Crippen LogP contribution in [0, 0.1) is 0 Å². The molecule has 0 unspecified atom stereocenters. The van der Waals surface area contributed by atoms with E-state index in [0.717, 1.165) is 0 Å². The minimum absolute atomic E-state index is 0.695. The predicted molar refractivity (Wildman–Crippen MR) is 91.6 cm³/mol. The molecule has 0 spiro atoms. The lowest BCUT2D eigenvalue weighted by Crippen LogP contribution is -2.16. The van der Waals surface area contributed by atoms with Crippen LogP contribution in [0.15, 0.2) is 66.0 Å². The molecule has 2 aromatic carbocycles. The van der Waals surface area contributed by atoms with E-state index in [-0.39, 0.29) is 0 Å². The van der Waals surface area contributed by atoms with Crippen LogP contribution in [-0.4, -0.2) is 14.2 Å². The summed E-state index contributed by atoms with van der Waals surface area (Å²) in [5, 5.41) is 0. The van der Waals surface area contributed by atoms with Crippen molar-refractivity contribution >= 4 is 15.9 Å². The van der Waals surface area contributed by atoms with Crippen molar-refractivity contribution in [3.63, 3.8) is 0 Å². The zero-order chi connectivity index (χ0) is 32.7. The second-order valence-corrected chi connectivity index (χ2v) is 6.06. The fraction of sp³-hybridized carbons (Fsp3) is 0.167. The third-order valence-electron chi connectivity index (χ3n) is 2.86. The first-order valence-corrected chi connectivity index (χ1v) is 8.22. The van der Waals surface area contributed by atoms with E-state index in [2.05, 4.69) is 4.18 Å². The Bertz CT molecular complexity index is 1620. The van der Waals surface area contributed by atoms with Gasteiger partial charge in [-0.3, -0.25) is 4.79 Å². The quantitative estimate of drug-likeness (QED) is 0.712. The number of carbonyl (C=O) groups excluding carboxylic acids is 1. The maximum Gasteiger partial charge on any atom is 0.416 e. The molecule has 2 aromatic rings. The SMILES string of the molecule is [2H]c1c([2H])c([2H])c(C([2H])([2H])S(=O)(=O)OC2=C(N([2H])[2H])O[C@@]([2H])(c3c([2H])c([2H])c(C(F)(F)F)c([2H])c3[2H])C2=O)c([2H])c1[2H]. The number of ketones is 1. The number of alkyl halides is 3. The highest BCUT2D eigenvalue weighted by molar-refractivity contribution is 7.86. The molecule has 1 heterocycles. The Morgan fingerprint density at radius 1 is 1.21 bits per heavy atom. The van der Waals surface area contributed by atoms with Crippen molar-refractivity contribution in [2.75, 3.05) is 0 Å². The van der Waals surface area contributed by atoms with Crippen molar-refractivity contribution in [3.05, 3.63) is 82.7 Å². The number of hydrogen-bond acceptors (Lipinski definition) is 6. The summed E-state index contributed by atoms with van der Waals surface area (Å²) in [5.74, 6) is -5.63. The van der Waals surface area contributed by atoms with Gasteiger partial charge in [-0.05, 0) is 17.6 Å². The molecule has 0 bridgehead atoms. The molecule has 148 valence electrons. The monoisotopic (exact) mass is 427 g/mol. The molecule has 0 aliphatic carbocycles. The largest absolute Gasteiger partial charge is 0.460 e. The Labute approximate surface area is 178 Å². The van der Waals surface area contributed by atoms with Gasteiger partial charge in [-0.15, -0.1) is 0 Å². The van der Waals surface area contributed by atoms with Gasteiger partial charge >= 0.3 is 16.3 Å². The fourth-order valence-corrected chi connectivity index (χ4v) is 2.51. The van der Waals surface area contributed by atoms with E-state index >= 15 is 0 Å². The first-order chi connectivity index (χ1) is 18.9. The summed E-state index contributed by atoms with van der Waals surface area (Å²) in [7, 11) is -6.07. The van der Waals surface area contributed by atoms with Crippen LogP contribution in [0.25, 0.3) is 0 Å². The summed E-state index contributed by atoms with van der Waals surface area (Å²) in [5.41, 5.74) is -9.87. The number of Topliss-reactive ketones (excluding diaryl/α,β-unsaturated/α-hetero) is 1. The van der Waals surface area contributed by atoms with Crippen LogP contribution in [0.3, 0.4) is 0 Å². The first-order valence-electron chi connectivity index (χ1n) is 13.7. The number of halogens is 3. The molecule has 0 fully saturated rings. The average Bonchev–Trinajstić information content (AvgIpc) is 3.10. The standard InChI is InChI=1S/C18H14F3NO5S/c19-18(20,21)13-8-6-12(7-9-13)15-14(23)16(17(22)26-15)27-28(24,25)10-11-4-2-1-3-5-11/h1-9,15H,10,22H2/t15-/m0/s1/i1D,2D,3D,4D,5D,6D,7D,8D,9D,10D2,15D/hD2. The van der Waals surface area contributed by atoms with E-state index in [1.54, 1.807) is 0 Å². The Hall–Kier alpha value is -3.01. The van der Waals surface area contributed by atoms with E-state index in [1.165, 1.54) is 0 Å². The van der Waals surface area contributed by atoms with Crippen LogP contribution in [0.5, 0.6) is 0 Å². The van der Waals surface area contributed by atoms with Crippen molar-refractivity contribution in [3.8, 4) is 0 Å². The second kappa shape index (κ2) is 7.19. The predicted octanol–water partition coefficient (Wildman–Crippen LogP) is 3.02. The summed E-state index contributed by atoms with van der Waals surface area (Å²) in [6, 6.07) is -12.9. The van der Waals surface area contributed by atoms with E-state index in [1.807, 2.05) is 0 Å². The van der Waals surface area contributed by atoms with Gasteiger partial charge in [0.1, 0.15) is 5.70 Å². The lowest BCUT2D eigenvalue weighted by molar-refractivity contribution is -0.137. The number of rotatable bonds is 6. The topological polar surface area (TPSA) is 95.7 Å². The summed E-state index contributed by atoms with van der Waals surface area (Å²) in [6.45, 7) is 0. The average molecular weight is 427 g/mol. The Morgan fingerprint density at radius 3 is 2.43 bits per heavy atom. The van der Waals surface area contributed by atoms with Crippen LogP contribution in [0.2, 0.25) is 2.82 Å². The van der Waals surface area contributed by atoms with E-state index in [4.69, 9.17) is 24.0 Å². The third-order valence-corrected chi connectivity index (χ3v) is 3.70. The van der Waals surface area contributed by atoms with E-state index in [0.29, 0.717) is 0 Å². The molecule has 1 aliphatic heterocycles. The number of hydrogen-bond donors (Lipinski definition) is 1. The van der Waals surface area contributed by atoms with Gasteiger partial charge in [0, 0.05) is 5.56 Å². The fourth-order valence-electron chi connectivity index (χ4n) is 1.75. The Balaban J connectivity index is 2.22. The van der Waals surface area contributed by atoms with Gasteiger partial charge in [0.2, 0.25) is 17.4 Å². The smallest absolute Gasteiger partial charge is 0.416 e. The van der Waals surface area contributed by atoms with E-state index < -0.39 is 122 Å². The van der Waals surface area contributed by atoms with Crippen molar-refractivity contribution < 1.29 is 54.6 Å². The Kier molecular flexibility index (Phi) is 2.20. The number of nitrogens with two attached hydrogens (primary N) is 1. The molecule has 0 saturated carbocycles.